The van der Waals surface area contributed by atoms with Crippen molar-refractivity contribution in [2.24, 2.45) is 23.7 Å². The van der Waals surface area contributed by atoms with Gasteiger partial charge in [0, 0.05) is 0 Å². The zero-order valence-electron chi connectivity index (χ0n) is 53.9. The van der Waals surface area contributed by atoms with E-state index < -0.39 is 0 Å². The molecule has 0 saturated carbocycles. The summed E-state index contributed by atoms with van der Waals surface area (Å²) in [5, 5.41) is 0. The van der Waals surface area contributed by atoms with Crippen LogP contribution in [0.1, 0.15) is 70.2 Å². The number of hydrogen-bond acceptors (Lipinski definition) is 12. The Labute approximate surface area is 523 Å². The largest absolute Gasteiger partial charge is 0.493 e. The van der Waals surface area contributed by atoms with Crippen molar-refractivity contribution in [3.8, 4) is 69.0 Å². The fourth-order valence-electron chi connectivity index (χ4n) is 12.3. The summed E-state index contributed by atoms with van der Waals surface area (Å²) >= 11 is 0. The van der Waals surface area contributed by atoms with Gasteiger partial charge in [-0.25, -0.2) is 0 Å². The number of rotatable bonds is 34. The van der Waals surface area contributed by atoms with Crippen LogP contribution in [0.4, 0.5) is 0 Å². The smallest absolute Gasteiger partial charge is 0.203 e. The van der Waals surface area contributed by atoms with Crippen molar-refractivity contribution in [2.45, 2.75) is 77.0 Å². The Morgan fingerprint density at radius 3 is 0.614 bits per heavy atom. The van der Waals surface area contributed by atoms with E-state index in [1.165, 1.54) is 44.5 Å². The second-order valence-electron chi connectivity index (χ2n) is 22.1. The van der Waals surface area contributed by atoms with E-state index in [-0.39, 0.29) is 0 Å². The molecule has 0 spiro atoms. The van der Waals surface area contributed by atoms with Crippen LogP contribution < -0.4 is 56.8 Å². The summed E-state index contributed by atoms with van der Waals surface area (Å²) in [7, 11) is 19.9. The van der Waals surface area contributed by atoms with Crippen molar-refractivity contribution in [3.05, 3.63) is 214 Å². The lowest BCUT2D eigenvalue weighted by atomic mass is 9.76. The van der Waals surface area contributed by atoms with Crippen LogP contribution in [0.25, 0.3) is 0 Å². The summed E-state index contributed by atoms with van der Waals surface area (Å²) in [5.41, 5.74) is 10.1. The zero-order chi connectivity index (χ0) is 62.6. The average Bonchev–Trinajstić information content (AvgIpc) is 2.50. The Morgan fingerprint density at radius 2 is 0.409 bits per heavy atom. The van der Waals surface area contributed by atoms with E-state index in [9.17, 15) is 0 Å². The first-order valence-electron chi connectivity index (χ1n) is 30.4. The van der Waals surface area contributed by atoms with E-state index in [0.29, 0.717) is 92.7 Å². The van der Waals surface area contributed by atoms with Crippen LogP contribution >= 0.6 is 0 Å². The molecule has 12 nitrogen and oxygen atoms in total. The Hall–Kier alpha value is -8.64. The summed E-state index contributed by atoms with van der Waals surface area (Å²) in [6.07, 6.45) is 11.7. The van der Waals surface area contributed by atoms with Gasteiger partial charge in [-0.1, -0.05) is 121 Å². The van der Waals surface area contributed by atoms with Gasteiger partial charge in [-0.3, -0.25) is 0 Å². The zero-order valence-corrected chi connectivity index (χ0v) is 53.9. The number of methoxy groups -OCH3 is 12. The van der Waals surface area contributed by atoms with Crippen LogP contribution in [0.3, 0.4) is 0 Å². The summed E-state index contributed by atoms with van der Waals surface area (Å²) in [4.78, 5) is 0. The van der Waals surface area contributed by atoms with Gasteiger partial charge in [-0.05, 0) is 194 Å². The predicted molar refractivity (Wildman–Crippen MR) is 352 cm³/mol. The molecule has 0 unspecified atom stereocenters. The van der Waals surface area contributed by atoms with Crippen molar-refractivity contribution < 1.29 is 56.8 Å². The summed E-state index contributed by atoms with van der Waals surface area (Å²) in [6.45, 7) is 0. The predicted octanol–water partition coefficient (Wildman–Crippen LogP) is 16.0. The lowest BCUT2D eigenvalue weighted by Crippen LogP contribution is -2.23. The van der Waals surface area contributed by atoms with Crippen LogP contribution in [0.5, 0.6) is 69.0 Å². The van der Waals surface area contributed by atoms with Crippen LogP contribution in [0.15, 0.2) is 170 Å². The van der Waals surface area contributed by atoms with Gasteiger partial charge >= 0.3 is 0 Å². The molecule has 0 aliphatic carbocycles. The molecule has 0 fully saturated rings. The van der Waals surface area contributed by atoms with Crippen LogP contribution in [-0.2, 0) is 51.4 Å². The second kappa shape index (κ2) is 35.2. The minimum absolute atomic E-state index is 0.375. The molecule has 0 aromatic heterocycles. The molecule has 0 bridgehead atoms. The van der Waals surface area contributed by atoms with Gasteiger partial charge in [0.2, 0.25) is 23.0 Å². The van der Waals surface area contributed by atoms with Crippen molar-refractivity contribution in [1.29, 1.82) is 0 Å². The van der Waals surface area contributed by atoms with E-state index in [1.54, 1.807) is 85.3 Å². The molecule has 0 radical (unpaired) electrons. The van der Waals surface area contributed by atoms with E-state index in [2.05, 4.69) is 170 Å². The quantitative estimate of drug-likeness (QED) is 0.0383. The molecule has 468 valence electrons. The minimum Gasteiger partial charge on any atom is -0.493 e. The lowest BCUT2D eigenvalue weighted by Gasteiger charge is -2.29. The van der Waals surface area contributed by atoms with E-state index in [0.717, 1.165) is 77.0 Å². The molecule has 0 heterocycles. The van der Waals surface area contributed by atoms with Crippen molar-refractivity contribution in [2.75, 3.05) is 85.3 Å². The number of benzene rings is 8. The van der Waals surface area contributed by atoms with Crippen molar-refractivity contribution >= 4 is 0 Å². The maximum Gasteiger partial charge on any atom is 0.203 e. The summed E-state index contributed by atoms with van der Waals surface area (Å²) in [5.74, 6) is 9.56. The monoisotopic (exact) mass is 1200 g/mol. The number of ether oxygens (including phenoxy) is 12. The first kappa shape index (κ1) is 66.9. The molecule has 12 heteroatoms. The standard InChI is InChI=1S/2C38H46O6/c2*1-39-33-23-29(24-34(40-2)37(33)43-5)18-13-19-31(20-27-14-9-7-10-15-27)32(21-28-16-11-8-12-17-28)22-30-25-35(41-3)38(44-6)36(26-30)42-4/h2*7-12,14-17,23-26,31-32H,13,18-22H2,1-6H3/t2*31-,32+/m10/s1. The molecule has 0 amide bonds. The molecule has 8 rings (SSSR count). The third kappa shape index (κ3) is 18.7. The molecular weight excluding hydrogens is 1100 g/mol. The summed E-state index contributed by atoms with van der Waals surface area (Å²) in [6, 6.07) is 59.9. The maximum absolute atomic E-state index is 5.71. The van der Waals surface area contributed by atoms with E-state index in [1.807, 2.05) is 0 Å². The third-order valence-electron chi connectivity index (χ3n) is 16.7. The Bertz CT molecular complexity index is 3000. The highest BCUT2D eigenvalue weighted by molar-refractivity contribution is 5.57. The lowest BCUT2D eigenvalue weighted by molar-refractivity contribution is 0.296. The molecule has 8 aromatic rings. The van der Waals surface area contributed by atoms with Crippen LogP contribution in [-0.4, -0.2) is 85.3 Å². The first-order chi connectivity index (χ1) is 43.0. The van der Waals surface area contributed by atoms with Crippen molar-refractivity contribution in [3.63, 3.8) is 0 Å². The Kier molecular flexibility index (Phi) is 26.8. The highest BCUT2D eigenvalue weighted by Crippen LogP contribution is 2.44. The Balaban J connectivity index is 0.000000251. The van der Waals surface area contributed by atoms with Crippen LogP contribution in [0, 0.1) is 23.7 Å². The Morgan fingerprint density at radius 1 is 0.216 bits per heavy atom. The highest BCUT2D eigenvalue weighted by Gasteiger charge is 2.27. The third-order valence-corrected chi connectivity index (χ3v) is 16.7. The van der Waals surface area contributed by atoms with Gasteiger partial charge in [0.05, 0.1) is 85.3 Å². The van der Waals surface area contributed by atoms with Gasteiger partial charge in [-0.15, -0.1) is 0 Å². The molecule has 0 N–H and O–H groups in total. The maximum atomic E-state index is 5.71. The minimum atomic E-state index is 0.375. The van der Waals surface area contributed by atoms with Gasteiger partial charge < -0.3 is 56.8 Å². The van der Waals surface area contributed by atoms with E-state index in [4.69, 9.17) is 56.8 Å². The SMILES string of the molecule is COc1cc(CCC[C@@H](Cc2ccccc2)[C@H](Cc2ccccc2)Cc2cc(OC)c(OC)c(OC)c2)cc(OC)c1OC.COc1cc(CCC[C@H](Cc2ccccc2)[C@@H](Cc2ccccc2)Cc2cc(OC)c(OC)c(OC)c2)cc(OC)c1OC. The number of hydrogen-bond donors (Lipinski definition) is 0. The van der Waals surface area contributed by atoms with Gasteiger partial charge in [0.25, 0.3) is 0 Å². The highest BCUT2D eigenvalue weighted by atomic mass is 16.5. The van der Waals surface area contributed by atoms with Gasteiger partial charge in [0.15, 0.2) is 46.0 Å². The van der Waals surface area contributed by atoms with Gasteiger partial charge in [-0.2, -0.15) is 0 Å². The fraction of sp³-hybridized carbons (Fsp3) is 0.368. The normalized spacial score (nSPS) is 12.2. The van der Waals surface area contributed by atoms with Gasteiger partial charge in [0.1, 0.15) is 0 Å². The molecule has 4 atom stereocenters. The molecule has 0 saturated heterocycles. The first-order valence-corrected chi connectivity index (χ1v) is 30.4. The average molecular weight is 1200 g/mol. The fourth-order valence-corrected chi connectivity index (χ4v) is 12.3. The molecule has 8 aromatic carbocycles. The van der Waals surface area contributed by atoms with Crippen LogP contribution in [0.2, 0.25) is 0 Å². The second-order valence-corrected chi connectivity index (χ2v) is 22.1. The molecular formula is C76H92O12. The molecule has 0 aliphatic rings. The summed E-state index contributed by atoms with van der Waals surface area (Å²) < 4.78 is 67.6. The van der Waals surface area contributed by atoms with E-state index >= 15 is 0 Å². The van der Waals surface area contributed by atoms with Crippen molar-refractivity contribution in [1.82, 2.24) is 0 Å². The number of aryl methyl sites for hydroxylation is 2. The molecule has 88 heavy (non-hydrogen) atoms. The molecule has 0 aliphatic heterocycles. The topological polar surface area (TPSA) is 111 Å².